The molecule has 98 valence electrons. The van der Waals surface area contributed by atoms with Crippen molar-refractivity contribution in [2.75, 3.05) is 58.9 Å². The Labute approximate surface area is 104 Å². The molecule has 1 atom stereocenters. The van der Waals surface area contributed by atoms with Crippen molar-refractivity contribution in [2.24, 2.45) is 0 Å². The Balaban J connectivity index is 1.71. The second-order valence-corrected chi connectivity index (χ2v) is 5.08. The quantitative estimate of drug-likeness (QED) is 0.643. The van der Waals surface area contributed by atoms with Crippen LogP contribution in [0.2, 0.25) is 0 Å². The second kappa shape index (κ2) is 6.33. The van der Waals surface area contributed by atoms with E-state index in [1.54, 1.807) is 0 Å². The van der Waals surface area contributed by atoms with Crippen molar-refractivity contribution in [1.29, 1.82) is 0 Å². The van der Waals surface area contributed by atoms with E-state index in [1.165, 1.54) is 0 Å². The van der Waals surface area contributed by atoms with Crippen LogP contribution >= 0.6 is 0 Å². The van der Waals surface area contributed by atoms with Gasteiger partial charge in [0.25, 0.3) is 0 Å². The van der Waals surface area contributed by atoms with Crippen molar-refractivity contribution in [3.8, 4) is 0 Å². The smallest absolute Gasteiger partial charge is 0.209 e. The zero-order valence-corrected chi connectivity index (χ0v) is 10.8. The van der Waals surface area contributed by atoms with Gasteiger partial charge in [0.15, 0.2) is 0 Å². The molecular weight excluding hydrogens is 216 g/mol. The van der Waals surface area contributed by atoms with Crippen LogP contribution in [0.25, 0.3) is 0 Å². The van der Waals surface area contributed by atoms with Crippen molar-refractivity contribution in [2.45, 2.75) is 13.0 Å². The maximum absolute atomic E-state index is 10.6. The summed E-state index contributed by atoms with van der Waals surface area (Å²) >= 11 is 0. The molecule has 2 aliphatic heterocycles. The molecule has 0 aromatic rings. The Bertz CT molecular complexity index is 235. The summed E-state index contributed by atoms with van der Waals surface area (Å²) in [6, 6.07) is 0.625. The van der Waals surface area contributed by atoms with Gasteiger partial charge in [-0.2, -0.15) is 0 Å². The van der Waals surface area contributed by atoms with E-state index in [-0.39, 0.29) is 0 Å². The first kappa shape index (κ1) is 12.8. The highest BCUT2D eigenvalue weighted by Gasteiger charge is 2.21. The van der Waals surface area contributed by atoms with Gasteiger partial charge in [-0.25, -0.2) is 0 Å². The fraction of sp³-hybridized carbons (Fsp3) is 0.917. The first-order valence-electron chi connectivity index (χ1n) is 6.66. The number of carbonyl (C=O) groups excluding carboxylic acids is 1. The van der Waals surface area contributed by atoms with Crippen LogP contribution in [0.5, 0.6) is 0 Å². The number of hydrogen-bond acceptors (Lipinski definition) is 4. The van der Waals surface area contributed by atoms with Gasteiger partial charge in [0.1, 0.15) is 0 Å². The molecule has 0 aromatic heterocycles. The molecule has 1 N–H and O–H groups in total. The molecule has 0 aromatic carbocycles. The van der Waals surface area contributed by atoms with Gasteiger partial charge in [0.2, 0.25) is 6.41 Å². The SMILES string of the molecule is CC(CN1CCN(C=O)CC1)N1CCNCC1. The van der Waals surface area contributed by atoms with Crippen LogP contribution in [-0.4, -0.2) is 86.1 Å². The van der Waals surface area contributed by atoms with Crippen LogP contribution in [0.4, 0.5) is 0 Å². The molecule has 0 aliphatic carbocycles. The lowest BCUT2D eigenvalue weighted by Crippen LogP contribution is -2.53. The Hall–Kier alpha value is -0.650. The summed E-state index contributed by atoms with van der Waals surface area (Å²) in [4.78, 5) is 17.5. The molecule has 1 amide bonds. The van der Waals surface area contributed by atoms with Gasteiger partial charge in [-0.15, -0.1) is 0 Å². The minimum atomic E-state index is 0.625. The number of hydrogen-bond donors (Lipinski definition) is 1. The maximum Gasteiger partial charge on any atom is 0.209 e. The van der Waals surface area contributed by atoms with Gasteiger partial charge in [-0.3, -0.25) is 14.6 Å². The lowest BCUT2D eigenvalue weighted by molar-refractivity contribution is -0.119. The fourth-order valence-electron chi connectivity index (χ4n) is 2.66. The molecule has 0 bridgehead atoms. The van der Waals surface area contributed by atoms with Crippen LogP contribution in [-0.2, 0) is 4.79 Å². The van der Waals surface area contributed by atoms with E-state index in [0.717, 1.165) is 65.3 Å². The van der Waals surface area contributed by atoms with E-state index in [0.29, 0.717) is 6.04 Å². The average Bonchev–Trinajstić information content (AvgIpc) is 2.40. The third kappa shape index (κ3) is 3.66. The summed E-state index contributed by atoms with van der Waals surface area (Å²) in [6.45, 7) is 11.8. The number of amides is 1. The molecule has 0 radical (unpaired) electrons. The highest BCUT2D eigenvalue weighted by atomic mass is 16.1. The first-order chi connectivity index (χ1) is 8.29. The predicted octanol–water partition coefficient (Wildman–Crippen LogP) is -0.946. The average molecular weight is 240 g/mol. The van der Waals surface area contributed by atoms with Crippen molar-refractivity contribution in [1.82, 2.24) is 20.0 Å². The molecular formula is C12H24N4O. The van der Waals surface area contributed by atoms with Crippen LogP contribution in [0.3, 0.4) is 0 Å². The van der Waals surface area contributed by atoms with Crippen molar-refractivity contribution >= 4 is 6.41 Å². The monoisotopic (exact) mass is 240 g/mol. The lowest BCUT2D eigenvalue weighted by atomic mass is 10.2. The maximum atomic E-state index is 10.6. The van der Waals surface area contributed by atoms with E-state index < -0.39 is 0 Å². The Kier molecular flexibility index (Phi) is 4.76. The number of nitrogens with one attached hydrogen (secondary N) is 1. The van der Waals surface area contributed by atoms with Crippen LogP contribution in [0.15, 0.2) is 0 Å². The summed E-state index contributed by atoms with van der Waals surface area (Å²) in [7, 11) is 0. The molecule has 17 heavy (non-hydrogen) atoms. The molecule has 0 saturated carbocycles. The van der Waals surface area contributed by atoms with E-state index in [9.17, 15) is 4.79 Å². The highest BCUT2D eigenvalue weighted by Crippen LogP contribution is 2.06. The molecule has 0 spiro atoms. The first-order valence-corrected chi connectivity index (χ1v) is 6.66. The summed E-state index contributed by atoms with van der Waals surface area (Å²) in [5.41, 5.74) is 0. The third-order valence-corrected chi connectivity index (χ3v) is 3.85. The van der Waals surface area contributed by atoms with Gasteiger partial charge in [0.05, 0.1) is 0 Å². The number of nitrogens with zero attached hydrogens (tertiary/aromatic N) is 3. The predicted molar refractivity (Wildman–Crippen MR) is 68.0 cm³/mol. The van der Waals surface area contributed by atoms with E-state index in [2.05, 4.69) is 22.0 Å². The number of rotatable bonds is 4. The molecule has 2 rings (SSSR count). The summed E-state index contributed by atoms with van der Waals surface area (Å²) in [6.07, 6.45) is 0.969. The molecule has 2 saturated heterocycles. The number of piperazine rings is 2. The number of carbonyl (C=O) groups is 1. The van der Waals surface area contributed by atoms with Crippen molar-refractivity contribution in [3.63, 3.8) is 0 Å². The molecule has 2 heterocycles. The lowest BCUT2D eigenvalue weighted by Gasteiger charge is -2.38. The molecule has 1 unspecified atom stereocenters. The zero-order chi connectivity index (χ0) is 12.1. The largest absolute Gasteiger partial charge is 0.343 e. The van der Waals surface area contributed by atoms with Gasteiger partial charge >= 0.3 is 0 Å². The van der Waals surface area contributed by atoms with E-state index >= 15 is 0 Å². The second-order valence-electron chi connectivity index (χ2n) is 5.08. The molecule has 2 aliphatic rings. The summed E-state index contributed by atoms with van der Waals surface area (Å²) < 4.78 is 0. The minimum Gasteiger partial charge on any atom is -0.343 e. The van der Waals surface area contributed by atoms with Gasteiger partial charge in [-0.05, 0) is 6.92 Å². The van der Waals surface area contributed by atoms with Gasteiger partial charge in [-0.1, -0.05) is 0 Å². The molecule has 5 nitrogen and oxygen atoms in total. The van der Waals surface area contributed by atoms with E-state index in [4.69, 9.17) is 0 Å². The van der Waals surface area contributed by atoms with Gasteiger partial charge < -0.3 is 10.2 Å². The third-order valence-electron chi connectivity index (χ3n) is 3.85. The fourth-order valence-corrected chi connectivity index (χ4v) is 2.66. The topological polar surface area (TPSA) is 38.8 Å². The van der Waals surface area contributed by atoms with Crippen molar-refractivity contribution in [3.05, 3.63) is 0 Å². The highest BCUT2D eigenvalue weighted by molar-refractivity contribution is 5.47. The Morgan fingerprint density at radius 3 is 2.35 bits per heavy atom. The molecule has 5 heteroatoms. The summed E-state index contributed by atoms with van der Waals surface area (Å²) in [5.74, 6) is 0. The standard InChI is InChI=1S/C12H24N4O/c1-12(16-4-2-13-3-5-16)10-14-6-8-15(11-17)9-7-14/h11-13H,2-10H2,1H3. The van der Waals surface area contributed by atoms with Gasteiger partial charge in [0, 0.05) is 64.9 Å². The normalized spacial score (nSPS) is 25.8. The van der Waals surface area contributed by atoms with Crippen LogP contribution in [0.1, 0.15) is 6.92 Å². The minimum absolute atomic E-state index is 0.625. The van der Waals surface area contributed by atoms with E-state index in [1.807, 2.05) is 4.90 Å². The summed E-state index contributed by atoms with van der Waals surface area (Å²) in [5, 5.41) is 3.39. The van der Waals surface area contributed by atoms with Crippen molar-refractivity contribution < 1.29 is 4.79 Å². The zero-order valence-electron chi connectivity index (χ0n) is 10.8. The van der Waals surface area contributed by atoms with Crippen LogP contribution < -0.4 is 5.32 Å². The van der Waals surface area contributed by atoms with Crippen LogP contribution in [0, 0.1) is 0 Å². The molecule has 2 fully saturated rings. The Morgan fingerprint density at radius 2 is 1.76 bits per heavy atom. The Morgan fingerprint density at radius 1 is 1.12 bits per heavy atom.